The van der Waals surface area contributed by atoms with E-state index in [1.54, 1.807) is 0 Å². The zero-order valence-electron chi connectivity index (χ0n) is 9.74. The van der Waals surface area contributed by atoms with E-state index in [9.17, 15) is 17.6 Å². The molecule has 0 aliphatic heterocycles. The van der Waals surface area contributed by atoms with Crippen molar-refractivity contribution in [2.75, 3.05) is 6.54 Å². The summed E-state index contributed by atoms with van der Waals surface area (Å²) in [5, 5.41) is 2.91. The summed E-state index contributed by atoms with van der Waals surface area (Å²) >= 11 is 0. The van der Waals surface area contributed by atoms with Crippen LogP contribution in [0.5, 0.6) is 0 Å². The van der Waals surface area contributed by atoms with Crippen molar-refractivity contribution >= 4 is 0 Å². The highest BCUT2D eigenvalue weighted by molar-refractivity contribution is 5.28. The van der Waals surface area contributed by atoms with Crippen LogP contribution in [0, 0.1) is 11.7 Å². The minimum absolute atomic E-state index is 0.0421. The number of hydrogen-bond acceptors (Lipinski definition) is 1. The van der Waals surface area contributed by atoms with Crippen molar-refractivity contribution in [2.45, 2.75) is 26.6 Å². The second-order valence-electron chi connectivity index (χ2n) is 4.30. The van der Waals surface area contributed by atoms with E-state index in [2.05, 4.69) is 5.32 Å². The van der Waals surface area contributed by atoms with E-state index in [1.807, 2.05) is 13.8 Å². The molecule has 0 saturated heterocycles. The number of rotatable bonds is 4. The van der Waals surface area contributed by atoms with E-state index >= 15 is 0 Å². The minimum atomic E-state index is -4.64. The van der Waals surface area contributed by atoms with Crippen LogP contribution in [-0.4, -0.2) is 6.54 Å². The van der Waals surface area contributed by atoms with Crippen LogP contribution in [0.2, 0.25) is 0 Å². The molecule has 0 aliphatic carbocycles. The lowest BCUT2D eigenvalue weighted by molar-refractivity contribution is -0.140. The van der Waals surface area contributed by atoms with E-state index in [-0.39, 0.29) is 12.1 Å². The fraction of sp³-hybridized carbons (Fsp3) is 0.500. The summed E-state index contributed by atoms with van der Waals surface area (Å²) in [6.07, 6.45) is -4.64. The molecule has 0 bridgehead atoms. The van der Waals surface area contributed by atoms with Gasteiger partial charge in [-0.3, -0.25) is 0 Å². The summed E-state index contributed by atoms with van der Waals surface area (Å²) in [6.45, 7) is 4.68. The third kappa shape index (κ3) is 4.00. The highest BCUT2D eigenvalue weighted by atomic mass is 19.4. The van der Waals surface area contributed by atoms with E-state index in [0.29, 0.717) is 12.5 Å². The molecule has 0 aromatic heterocycles. The van der Waals surface area contributed by atoms with Gasteiger partial charge < -0.3 is 5.32 Å². The normalized spacial score (nSPS) is 12.2. The first-order chi connectivity index (χ1) is 7.82. The van der Waals surface area contributed by atoms with Crippen LogP contribution in [0.3, 0.4) is 0 Å². The van der Waals surface area contributed by atoms with Crippen molar-refractivity contribution in [2.24, 2.45) is 5.92 Å². The zero-order chi connectivity index (χ0) is 13.1. The third-order valence-corrected chi connectivity index (χ3v) is 2.25. The lowest BCUT2D eigenvalue weighted by Crippen LogP contribution is -2.20. The van der Waals surface area contributed by atoms with Crippen LogP contribution in [0.1, 0.15) is 25.0 Å². The molecule has 0 heterocycles. The van der Waals surface area contributed by atoms with Gasteiger partial charge >= 0.3 is 6.18 Å². The maximum Gasteiger partial charge on any atom is 0.419 e. The first kappa shape index (κ1) is 14.0. The molecule has 1 aromatic rings. The van der Waals surface area contributed by atoms with Gasteiger partial charge in [0.15, 0.2) is 0 Å². The molecule has 0 atom stereocenters. The van der Waals surface area contributed by atoms with Crippen molar-refractivity contribution in [3.05, 3.63) is 35.1 Å². The Morgan fingerprint density at radius 3 is 2.41 bits per heavy atom. The van der Waals surface area contributed by atoms with Crippen LogP contribution < -0.4 is 5.32 Å². The summed E-state index contributed by atoms with van der Waals surface area (Å²) in [6, 6.07) is 3.33. The molecule has 1 nitrogen and oxygen atoms in total. The van der Waals surface area contributed by atoms with Crippen LogP contribution >= 0.6 is 0 Å². The van der Waals surface area contributed by atoms with Crippen molar-refractivity contribution in [1.29, 1.82) is 0 Å². The van der Waals surface area contributed by atoms with Crippen molar-refractivity contribution < 1.29 is 17.6 Å². The Kier molecular flexibility index (Phi) is 4.51. The van der Waals surface area contributed by atoms with Gasteiger partial charge in [0, 0.05) is 12.1 Å². The number of alkyl halides is 3. The average Bonchev–Trinajstić information content (AvgIpc) is 2.18. The Morgan fingerprint density at radius 2 is 1.88 bits per heavy atom. The van der Waals surface area contributed by atoms with E-state index in [4.69, 9.17) is 0 Å². The summed E-state index contributed by atoms with van der Waals surface area (Å²) in [4.78, 5) is 0. The molecule has 0 radical (unpaired) electrons. The molecule has 1 N–H and O–H groups in total. The molecule has 0 spiro atoms. The Bertz CT molecular complexity index is 371. The molecule has 5 heteroatoms. The molecule has 1 rings (SSSR count). The first-order valence-corrected chi connectivity index (χ1v) is 5.37. The molecule has 0 aliphatic rings. The smallest absolute Gasteiger partial charge is 0.312 e. The standard InChI is InChI=1S/C12H15F4N/c1-8(2)6-17-7-9-4-3-5-10(11(9)13)12(14,15)16/h3-5,8,17H,6-7H2,1-2H3. The predicted molar refractivity (Wildman–Crippen MR) is 57.9 cm³/mol. The molecule has 0 fully saturated rings. The van der Waals surface area contributed by atoms with E-state index < -0.39 is 17.6 Å². The topological polar surface area (TPSA) is 12.0 Å². The number of hydrogen-bond donors (Lipinski definition) is 1. The Morgan fingerprint density at radius 1 is 1.24 bits per heavy atom. The van der Waals surface area contributed by atoms with E-state index in [0.717, 1.165) is 6.07 Å². The van der Waals surface area contributed by atoms with Gasteiger partial charge in [0.05, 0.1) is 5.56 Å². The Hall–Kier alpha value is -1.10. The van der Waals surface area contributed by atoms with Gasteiger partial charge in [0.2, 0.25) is 0 Å². The van der Waals surface area contributed by atoms with Crippen molar-refractivity contribution in [1.82, 2.24) is 5.32 Å². The maximum absolute atomic E-state index is 13.5. The Labute approximate surface area is 97.8 Å². The number of benzene rings is 1. The highest BCUT2D eigenvalue weighted by Gasteiger charge is 2.34. The first-order valence-electron chi connectivity index (χ1n) is 5.37. The summed E-state index contributed by atoms with van der Waals surface area (Å²) in [7, 11) is 0. The van der Waals surface area contributed by atoms with Gasteiger partial charge in [-0.05, 0) is 18.5 Å². The number of nitrogens with one attached hydrogen (secondary N) is 1. The van der Waals surface area contributed by atoms with Gasteiger partial charge in [0.25, 0.3) is 0 Å². The molecule has 0 unspecified atom stereocenters. The molecule has 96 valence electrons. The highest BCUT2D eigenvalue weighted by Crippen LogP contribution is 2.32. The monoisotopic (exact) mass is 249 g/mol. The molecule has 17 heavy (non-hydrogen) atoms. The largest absolute Gasteiger partial charge is 0.419 e. The van der Waals surface area contributed by atoms with E-state index in [1.165, 1.54) is 12.1 Å². The third-order valence-electron chi connectivity index (χ3n) is 2.25. The fourth-order valence-electron chi connectivity index (χ4n) is 1.43. The fourth-order valence-corrected chi connectivity index (χ4v) is 1.43. The molecule has 1 aromatic carbocycles. The van der Waals surface area contributed by atoms with Crippen molar-refractivity contribution in [3.63, 3.8) is 0 Å². The van der Waals surface area contributed by atoms with Crippen LogP contribution in [0.25, 0.3) is 0 Å². The Balaban J connectivity index is 2.81. The van der Waals surface area contributed by atoms with Crippen LogP contribution in [-0.2, 0) is 12.7 Å². The zero-order valence-corrected chi connectivity index (χ0v) is 9.74. The van der Waals surface area contributed by atoms with Gasteiger partial charge in [0.1, 0.15) is 5.82 Å². The molecular formula is C12H15F4N. The second kappa shape index (κ2) is 5.49. The lowest BCUT2D eigenvalue weighted by Gasteiger charge is -2.12. The van der Waals surface area contributed by atoms with Gasteiger partial charge in [-0.25, -0.2) is 4.39 Å². The minimum Gasteiger partial charge on any atom is -0.312 e. The maximum atomic E-state index is 13.5. The summed E-state index contributed by atoms with van der Waals surface area (Å²) in [5.74, 6) is -0.819. The van der Waals surface area contributed by atoms with Gasteiger partial charge in [-0.2, -0.15) is 13.2 Å². The molecule has 0 saturated carbocycles. The lowest BCUT2D eigenvalue weighted by atomic mass is 10.1. The quantitative estimate of drug-likeness (QED) is 0.804. The SMILES string of the molecule is CC(C)CNCc1cccc(C(F)(F)F)c1F. The van der Waals surface area contributed by atoms with Crippen LogP contribution in [0.15, 0.2) is 18.2 Å². The van der Waals surface area contributed by atoms with Crippen LogP contribution in [0.4, 0.5) is 17.6 Å². The molecular weight excluding hydrogens is 234 g/mol. The summed E-state index contributed by atoms with van der Waals surface area (Å²) in [5.41, 5.74) is -1.16. The predicted octanol–water partition coefficient (Wildman–Crippen LogP) is 3.59. The average molecular weight is 249 g/mol. The summed E-state index contributed by atoms with van der Waals surface area (Å²) < 4.78 is 50.8. The number of halogens is 4. The molecule has 0 amide bonds. The van der Waals surface area contributed by atoms with Crippen molar-refractivity contribution in [3.8, 4) is 0 Å². The van der Waals surface area contributed by atoms with Gasteiger partial charge in [-0.1, -0.05) is 26.0 Å². The van der Waals surface area contributed by atoms with Gasteiger partial charge in [-0.15, -0.1) is 0 Å². The second-order valence-corrected chi connectivity index (χ2v) is 4.30.